The van der Waals surface area contributed by atoms with Gasteiger partial charge in [-0.2, -0.15) is 0 Å². The number of rotatable bonds is 12. The molecule has 0 spiro atoms. The molecule has 18 nitrogen and oxygen atoms in total. The smallest absolute Gasteiger partial charge is 0.421 e. The Morgan fingerprint density at radius 2 is 1.40 bits per heavy atom. The maximum Gasteiger partial charge on any atom is 0.421 e. The van der Waals surface area contributed by atoms with E-state index in [4.69, 9.17) is 25.0 Å². The highest BCUT2D eigenvalue weighted by Crippen LogP contribution is 2.40. The average molecular weight is 952 g/mol. The van der Waals surface area contributed by atoms with Crippen LogP contribution in [0.3, 0.4) is 0 Å². The SMILES string of the molecule is CSc1sc(C(=N)NC(=O)OC(C)(C)C)cc1S(=O)(=O)c1cccc(-c2c(C)cc(N(C(=N)NC(=O)OC(C)(C)C)C(=O)OC(C)(C)C)cc2NC(=O)NCCCCS(C)(=O)=O)c1. The van der Waals surface area contributed by atoms with E-state index in [-0.39, 0.29) is 44.2 Å². The van der Waals surface area contributed by atoms with Crippen molar-refractivity contribution in [2.75, 3.05) is 35.0 Å². The van der Waals surface area contributed by atoms with Crippen LogP contribution in [0.2, 0.25) is 0 Å². The lowest BCUT2D eigenvalue weighted by atomic mass is 9.97. The zero-order valence-corrected chi connectivity index (χ0v) is 40.7. The number of amides is 5. The van der Waals surface area contributed by atoms with E-state index >= 15 is 0 Å². The number of benzene rings is 2. The second kappa shape index (κ2) is 20.5. The molecule has 0 bridgehead atoms. The van der Waals surface area contributed by atoms with Gasteiger partial charge in [0.15, 0.2) is 0 Å². The van der Waals surface area contributed by atoms with Gasteiger partial charge in [0.25, 0.3) is 0 Å². The average Bonchev–Trinajstić information content (AvgIpc) is 3.54. The van der Waals surface area contributed by atoms with E-state index in [9.17, 15) is 36.0 Å². The summed E-state index contributed by atoms with van der Waals surface area (Å²) in [6.07, 6.45) is 0.470. The molecule has 0 saturated heterocycles. The van der Waals surface area contributed by atoms with Gasteiger partial charge in [0.2, 0.25) is 15.8 Å². The number of guanidine groups is 1. The number of nitrogens with zero attached hydrogens (tertiary/aromatic N) is 1. The number of ether oxygens (including phenoxy) is 3. The van der Waals surface area contributed by atoms with Crippen LogP contribution in [0.25, 0.3) is 11.1 Å². The van der Waals surface area contributed by atoms with Crippen molar-refractivity contribution in [1.29, 1.82) is 10.8 Å². The summed E-state index contributed by atoms with van der Waals surface area (Å²) in [5, 5.41) is 27.3. The van der Waals surface area contributed by atoms with Crippen molar-refractivity contribution in [3.63, 3.8) is 0 Å². The highest BCUT2D eigenvalue weighted by molar-refractivity contribution is 8.01. The van der Waals surface area contributed by atoms with Crippen LogP contribution >= 0.6 is 23.1 Å². The lowest BCUT2D eigenvalue weighted by molar-refractivity contribution is 0.0545. The van der Waals surface area contributed by atoms with Crippen molar-refractivity contribution in [3.05, 3.63) is 52.9 Å². The maximum absolute atomic E-state index is 14.4. The number of urea groups is 1. The summed E-state index contributed by atoms with van der Waals surface area (Å²) in [5.41, 5.74) is -1.78. The summed E-state index contributed by atoms with van der Waals surface area (Å²) < 4.78 is 68.5. The summed E-state index contributed by atoms with van der Waals surface area (Å²) >= 11 is 2.15. The number of nitrogens with one attached hydrogen (secondary N) is 6. The van der Waals surface area contributed by atoms with Gasteiger partial charge in [0.1, 0.15) is 32.5 Å². The van der Waals surface area contributed by atoms with Crippen molar-refractivity contribution in [2.45, 2.75) is 113 Å². The third kappa shape index (κ3) is 16.1. The first-order valence-corrected chi connectivity index (χ1v) is 25.0. The number of thioether (sulfide) groups is 1. The van der Waals surface area contributed by atoms with Crippen LogP contribution in [-0.2, 0) is 33.9 Å². The van der Waals surface area contributed by atoms with Crippen LogP contribution < -0.4 is 26.2 Å². The van der Waals surface area contributed by atoms with E-state index < -0.39 is 66.7 Å². The fraction of sp³-hybridized carbons (Fsp3) is 0.463. The van der Waals surface area contributed by atoms with Gasteiger partial charge in [-0.15, -0.1) is 23.1 Å². The molecule has 0 unspecified atom stereocenters. The minimum absolute atomic E-state index is 0.0309. The Kier molecular flexibility index (Phi) is 17.0. The molecular formula is C41H57N7O11S4. The molecule has 0 atom stereocenters. The standard InChI is InChI=1S/C41H57N7O11S4/c1-24-20-26(48(38(52)59-41(8,9)10)34(43)47-37(51)58-40(5,6)7)22-28(45-35(49)44-18-13-14-19-62(12,53)54)31(24)25-16-15-17-27(21-25)63(55,56)30-23-29(61-33(30)60-11)32(42)46-36(50)57-39(2,3)4/h15-17,20-23H,13-14,18-19H2,1-12H3,(H2,42,46,50)(H2,43,47,51)(H2,44,45,49). The van der Waals surface area contributed by atoms with Gasteiger partial charge in [-0.05, 0) is 130 Å². The zero-order valence-electron chi connectivity index (χ0n) is 37.4. The van der Waals surface area contributed by atoms with Gasteiger partial charge >= 0.3 is 24.3 Å². The Bertz CT molecular complexity index is 2470. The molecule has 5 amide bonds. The van der Waals surface area contributed by atoms with E-state index in [0.29, 0.717) is 33.7 Å². The highest BCUT2D eigenvalue weighted by Gasteiger charge is 2.32. The van der Waals surface area contributed by atoms with E-state index in [2.05, 4.69) is 21.3 Å². The number of alkyl carbamates (subject to hydrolysis) is 2. The second-order valence-electron chi connectivity index (χ2n) is 17.2. The normalized spacial score (nSPS) is 12.1. The summed E-state index contributed by atoms with van der Waals surface area (Å²) in [6, 6.07) is 9.32. The van der Waals surface area contributed by atoms with Crippen molar-refractivity contribution in [3.8, 4) is 11.1 Å². The summed E-state index contributed by atoms with van der Waals surface area (Å²) in [6.45, 7) is 16.4. The number of carbonyl (C=O) groups excluding carboxylic acids is 4. The monoisotopic (exact) mass is 951 g/mol. The molecule has 0 aliphatic rings. The fourth-order valence-corrected chi connectivity index (χ4v) is 10.2. The topological polar surface area (TPSA) is 263 Å². The number of sulfone groups is 2. The fourth-order valence-electron chi connectivity index (χ4n) is 5.55. The van der Waals surface area contributed by atoms with Crippen LogP contribution in [0.5, 0.6) is 0 Å². The van der Waals surface area contributed by atoms with E-state index in [1.54, 1.807) is 81.6 Å². The summed E-state index contributed by atoms with van der Waals surface area (Å²) in [4.78, 5) is 53.1. The lowest BCUT2D eigenvalue weighted by Gasteiger charge is -2.29. The summed E-state index contributed by atoms with van der Waals surface area (Å²) in [5.74, 6) is -1.16. The molecule has 0 radical (unpaired) electrons. The highest BCUT2D eigenvalue weighted by atomic mass is 32.2. The minimum Gasteiger partial charge on any atom is -0.444 e. The van der Waals surface area contributed by atoms with E-state index in [1.807, 2.05) is 0 Å². The Labute approximate surface area is 377 Å². The van der Waals surface area contributed by atoms with Gasteiger partial charge in [-0.25, -0.2) is 40.9 Å². The maximum atomic E-state index is 14.4. The second-order valence-corrected chi connectivity index (χ2v) is 23.5. The Morgan fingerprint density at radius 3 is 1.95 bits per heavy atom. The van der Waals surface area contributed by atoms with Gasteiger partial charge in [0.05, 0.1) is 30.3 Å². The third-order valence-corrected chi connectivity index (χ3v) is 13.3. The molecule has 22 heteroatoms. The molecule has 1 heterocycles. The molecule has 0 aliphatic carbocycles. The van der Waals surface area contributed by atoms with Crippen molar-refractivity contribution >= 4 is 90.3 Å². The summed E-state index contributed by atoms with van der Waals surface area (Å²) in [7, 11) is -7.50. The van der Waals surface area contributed by atoms with Crippen LogP contribution in [0.4, 0.5) is 30.6 Å². The number of hydrogen-bond donors (Lipinski definition) is 6. The van der Waals surface area contributed by atoms with Crippen molar-refractivity contribution in [2.24, 2.45) is 0 Å². The first-order valence-electron chi connectivity index (χ1n) is 19.4. The van der Waals surface area contributed by atoms with Gasteiger partial charge in [-0.1, -0.05) is 12.1 Å². The van der Waals surface area contributed by atoms with Crippen LogP contribution in [-0.4, -0.2) is 94.6 Å². The zero-order chi connectivity index (χ0) is 47.9. The molecule has 1 aromatic heterocycles. The third-order valence-electron chi connectivity index (χ3n) is 7.92. The number of hydrogen-bond acceptors (Lipinski definition) is 15. The molecule has 0 saturated carbocycles. The molecular weight excluding hydrogens is 895 g/mol. The Hall–Kier alpha value is -5.19. The van der Waals surface area contributed by atoms with E-state index in [1.165, 1.54) is 36.4 Å². The Morgan fingerprint density at radius 1 is 0.810 bits per heavy atom. The molecule has 3 rings (SSSR count). The number of unbranched alkanes of at least 4 members (excludes halogenated alkanes) is 1. The molecule has 346 valence electrons. The first-order chi connectivity index (χ1) is 28.8. The minimum atomic E-state index is -4.29. The predicted octanol–water partition coefficient (Wildman–Crippen LogP) is 8.28. The van der Waals surface area contributed by atoms with Crippen LogP contribution in [0.15, 0.2) is 56.5 Å². The Balaban J connectivity index is 2.18. The van der Waals surface area contributed by atoms with Gasteiger partial charge in [-0.3, -0.25) is 21.5 Å². The van der Waals surface area contributed by atoms with Crippen LogP contribution in [0, 0.1) is 17.7 Å². The first kappa shape index (κ1) is 52.2. The molecule has 63 heavy (non-hydrogen) atoms. The number of amidine groups is 1. The number of carbonyl (C=O) groups is 4. The lowest BCUT2D eigenvalue weighted by Crippen LogP contribution is -2.49. The molecule has 0 fully saturated rings. The van der Waals surface area contributed by atoms with Crippen molar-refractivity contribution in [1.82, 2.24) is 16.0 Å². The largest absolute Gasteiger partial charge is 0.444 e. The van der Waals surface area contributed by atoms with Gasteiger partial charge in [0, 0.05) is 24.1 Å². The molecule has 2 aromatic carbocycles. The van der Waals surface area contributed by atoms with Crippen LogP contribution in [0.1, 0.15) is 85.6 Å². The van der Waals surface area contributed by atoms with E-state index in [0.717, 1.165) is 34.3 Å². The molecule has 6 N–H and O–H groups in total. The van der Waals surface area contributed by atoms with Crippen molar-refractivity contribution < 1.29 is 50.2 Å². The predicted molar refractivity (Wildman–Crippen MR) is 246 cm³/mol. The molecule has 0 aliphatic heterocycles. The quantitative estimate of drug-likeness (QED) is 0.0329. The number of aryl methyl sites for hydroxylation is 1. The number of thiophene rings is 1. The number of anilines is 2. The molecule has 3 aromatic rings. The van der Waals surface area contributed by atoms with Gasteiger partial charge < -0.3 is 24.8 Å².